The number of carbonyl (C=O) groups excluding carboxylic acids is 1. The van der Waals surface area contributed by atoms with Gasteiger partial charge in [0, 0.05) is 24.9 Å². The Morgan fingerprint density at radius 2 is 1.88 bits per heavy atom. The van der Waals surface area contributed by atoms with E-state index in [1.54, 1.807) is 6.20 Å². The Hall–Kier alpha value is -2.93. The summed E-state index contributed by atoms with van der Waals surface area (Å²) in [7, 11) is 0. The molecule has 2 amide bonds. The van der Waals surface area contributed by atoms with Gasteiger partial charge in [-0.05, 0) is 23.3 Å². The first-order valence-corrected chi connectivity index (χ1v) is 7.57. The number of nitrogens with two attached hydrogens (primary N) is 2. The second-order valence-corrected chi connectivity index (χ2v) is 5.09. The molecule has 0 spiro atoms. The summed E-state index contributed by atoms with van der Waals surface area (Å²) in [4.78, 5) is 18.9. The number of guanidine groups is 1. The highest BCUT2D eigenvalue weighted by Gasteiger charge is 2.04. The lowest BCUT2D eigenvalue weighted by Crippen LogP contribution is -2.30. The Morgan fingerprint density at radius 1 is 1.12 bits per heavy atom. The number of amides is 2. The van der Waals surface area contributed by atoms with Gasteiger partial charge in [-0.2, -0.15) is 4.99 Å². The van der Waals surface area contributed by atoms with Crippen LogP contribution in [-0.4, -0.2) is 30.1 Å². The Balaban J connectivity index is 1.81. The summed E-state index contributed by atoms with van der Waals surface area (Å²) in [5.41, 5.74) is 13.5. The predicted molar refractivity (Wildman–Crippen MR) is 92.3 cm³/mol. The molecular weight excluding hydrogens is 306 g/mol. The zero-order chi connectivity index (χ0) is 17.2. The van der Waals surface area contributed by atoms with E-state index in [-0.39, 0.29) is 5.96 Å². The van der Waals surface area contributed by atoms with Gasteiger partial charge in [0.2, 0.25) is 0 Å². The van der Waals surface area contributed by atoms with Crippen molar-refractivity contribution in [2.75, 3.05) is 13.2 Å². The number of rotatable bonds is 7. The first-order chi connectivity index (χ1) is 11.6. The molecule has 1 aromatic heterocycles. The van der Waals surface area contributed by atoms with E-state index >= 15 is 0 Å². The zero-order valence-corrected chi connectivity index (χ0v) is 13.3. The van der Waals surface area contributed by atoms with Crippen molar-refractivity contribution in [2.45, 2.75) is 13.0 Å². The van der Waals surface area contributed by atoms with Gasteiger partial charge in [0.15, 0.2) is 5.96 Å². The molecule has 0 bridgehead atoms. The smallest absolute Gasteiger partial charge is 0.344 e. The van der Waals surface area contributed by atoms with Gasteiger partial charge < -0.3 is 21.5 Å². The van der Waals surface area contributed by atoms with Crippen molar-refractivity contribution < 1.29 is 9.53 Å². The number of aliphatic imine (C=N–C) groups is 1. The molecule has 0 aliphatic rings. The normalized spacial score (nSPS) is 10.2. The standard InChI is InChI=1S/C17H21N5O2/c18-16(19)22-17(23)21-9-10-24-12-14-6-2-1-5-13(14)11-15-7-3-4-8-20-15/h1-8H,9-12H2,(H5,18,19,21,22,23). The molecule has 2 rings (SSSR count). The highest BCUT2D eigenvalue weighted by atomic mass is 16.5. The summed E-state index contributed by atoms with van der Waals surface area (Å²) in [5, 5.41) is 2.53. The Morgan fingerprint density at radius 3 is 2.58 bits per heavy atom. The van der Waals surface area contributed by atoms with Crippen LogP contribution < -0.4 is 16.8 Å². The van der Waals surface area contributed by atoms with Crippen LogP contribution >= 0.6 is 0 Å². The number of nitrogens with one attached hydrogen (secondary N) is 1. The number of carbonyl (C=O) groups is 1. The monoisotopic (exact) mass is 327 g/mol. The maximum Gasteiger partial charge on any atom is 0.344 e. The van der Waals surface area contributed by atoms with Crippen molar-refractivity contribution >= 4 is 12.0 Å². The molecule has 2 aromatic rings. The van der Waals surface area contributed by atoms with Gasteiger partial charge >= 0.3 is 6.03 Å². The first kappa shape index (κ1) is 17.4. The van der Waals surface area contributed by atoms with Gasteiger partial charge in [0.05, 0.1) is 13.2 Å². The van der Waals surface area contributed by atoms with E-state index in [4.69, 9.17) is 16.2 Å². The van der Waals surface area contributed by atoms with Crippen molar-refractivity contribution in [1.82, 2.24) is 10.3 Å². The number of urea groups is 1. The molecule has 1 aromatic carbocycles. The van der Waals surface area contributed by atoms with E-state index in [1.807, 2.05) is 36.4 Å². The van der Waals surface area contributed by atoms with Crippen molar-refractivity contribution in [3.05, 3.63) is 65.5 Å². The predicted octanol–water partition coefficient (Wildman–Crippen LogP) is 1.17. The van der Waals surface area contributed by atoms with Crippen LogP contribution in [0.2, 0.25) is 0 Å². The van der Waals surface area contributed by atoms with Crippen LogP contribution in [0.1, 0.15) is 16.8 Å². The van der Waals surface area contributed by atoms with Gasteiger partial charge in [0.25, 0.3) is 0 Å². The van der Waals surface area contributed by atoms with E-state index in [0.717, 1.165) is 17.7 Å². The van der Waals surface area contributed by atoms with E-state index in [1.165, 1.54) is 5.56 Å². The fourth-order valence-corrected chi connectivity index (χ4v) is 2.14. The minimum Gasteiger partial charge on any atom is -0.375 e. The zero-order valence-electron chi connectivity index (χ0n) is 13.3. The number of benzene rings is 1. The highest BCUT2D eigenvalue weighted by Crippen LogP contribution is 2.14. The lowest BCUT2D eigenvalue weighted by molar-refractivity contribution is 0.123. The number of hydrogen-bond acceptors (Lipinski definition) is 3. The molecule has 0 saturated heterocycles. The largest absolute Gasteiger partial charge is 0.375 e. The van der Waals surface area contributed by atoms with Crippen LogP contribution in [0.5, 0.6) is 0 Å². The van der Waals surface area contributed by atoms with Gasteiger partial charge in [0.1, 0.15) is 0 Å². The Bertz CT molecular complexity index is 684. The Labute approximate surface area is 140 Å². The summed E-state index contributed by atoms with van der Waals surface area (Å²) < 4.78 is 5.61. The van der Waals surface area contributed by atoms with E-state index in [2.05, 4.69) is 21.4 Å². The second-order valence-electron chi connectivity index (χ2n) is 5.09. The second kappa shape index (κ2) is 9.26. The SMILES string of the molecule is NC(N)=NC(=O)NCCOCc1ccccc1Cc1ccccn1. The molecule has 126 valence electrons. The van der Waals surface area contributed by atoms with Crippen molar-refractivity contribution in [2.24, 2.45) is 16.5 Å². The fourth-order valence-electron chi connectivity index (χ4n) is 2.14. The van der Waals surface area contributed by atoms with Gasteiger partial charge in [-0.3, -0.25) is 4.98 Å². The summed E-state index contributed by atoms with van der Waals surface area (Å²) in [6.07, 6.45) is 2.54. The van der Waals surface area contributed by atoms with Crippen molar-refractivity contribution in [3.63, 3.8) is 0 Å². The number of aromatic nitrogens is 1. The summed E-state index contributed by atoms with van der Waals surface area (Å²) in [6, 6.07) is 13.4. The summed E-state index contributed by atoms with van der Waals surface area (Å²) >= 11 is 0. The molecule has 7 nitrogen and oxygen atoms in total. The molecule has 0 radical (unpaired) electrons. The molecule has 0 aliphatic carbocycles. The van der Waals surface area contributed by atoms with Crippen LogP contribution in [0.4, 0.5) is 4.79 Å². The minimum absolute atomic E-state index is 0.267. The average molecular weight is 327 g/mol. The van der Waals surface area contributed by atoms with Gasteiger partial charge in [-0.15, -0.1) is 0 Å². The minimum atomic E-state index is -0.575. The third-order valence-electron chi connectivity index (χ3n) is 3.23. The van der Waals surface area contributed by atoms with Crippen LogP contribution in [-0.2, 0) is 17.8 Å². The number of ether oxygens (including phenoxy) is 1. The molecule has 0 fully saturated rings. The van der Waals surface area contributed by atoms with E-state index < -0.39 is 6.03 Å². The molecule has 24 heavy (non-hydrogen) atoms. The van der Waals surface area contributed by atoms with Crippen LogP contribution in [0, 0.1) is 0 Å². The summed E-state index contributed by atoms with van der Waals surface area (Å²) in [5.74, 6) is -0.267. The third kappa shape index (κ3) is 6.05. The molecule has 1 heterocycles. The topological polar surface area (TPSA) is 116 Å². The Kier molecular flexibility index (Phi) is 6.73. The molecule has 0 aliphatic heterocycles. The average Bonchev–Trinajstić information content (AvgIpc) is 2.56. The molecule has 0 unspecified atom stereocenters. The fraction of sp³-hybridized carbons (Fsp3) is 0.235. The lowest BCUT2D eigenvalue weighted by Gasteiger charge is -2.10. The molecule has 5 N–H and O–H groups in total. The number of hydrogen-bond donors (Lipinski definition) is 3. The van der Waals surface area contributed by atoms with Crippen LogP contribution in [0.15, 0.2) is 53.7 Å². The lowest BCUT2D eigenvalue weighted by atomic mass is 10.0. The molecule has 7 heteroatoms. The van der Waals surface area contributed by atoms with Crippen molar-refractivity contribution in [3.8, 4) is 0 Å². The third-order valence-corrected chi connectivity index (χ3v) is 3.23. The number of nitrogens with zero attached hydrogens (tertiary/aromatic N) is 2. The molecule has 0 saturated carbocycles. The first-order valence-electron chi connectivity index (χ1n) is 7.57. The van der Waals surface area contributed by atoms with Gasteiger partial charge in [-0.25, -0.2) is 4.79 Å². The highest BCUT2D eigenvalue weighted by molar-refractivity contribution is 5.90. The number of pyridine rings is 1. The molecule has 0 atom stereocenters. The van der Waals surface area contributed by atoms with E-state index in [9.17, 15) is 4.79 Å². The van der Waals surface area contributed by atoms with Crippen molar-refractivity contribution in [1.29, 1.82) is 0 Å². The maximum atomic E-state index is 11.2. The van der Waals surface area contributed by atoms with E-state index in [0.29, 0.717) is 19.8 Å². The maximum absolute atomic E-state index is 11.2. The van der Waals surface area contributed by atoms with Gasteiger partial charge in [-0.1, -0.05) is 30.3 Å². The van der Waals surface area contributed by atoms with Crippen LogP contribution in [0.3, 0.4) is 0 Å². The quantitative estimate of drug-likeness (QED) is 0.401. The summed E-state index contributed by atoms with van der Waals surface area (Å²) in [6.45, 7) is 1.16. The van der Waals surface area contributed by atoms with Crippen LogP contribution in [0.25, 0.3) is 0 Å². The molecular formula is C17H21N5O2.